The minimum absolute atomic E-state index is 0.127. The molecular formula is C11H12F3N3O. The molecule has 1 amide bonds. The van der Waals surface area contributed by atoms with Gasteiger partial charge in [0, 0.05) is 6.20 Å². The van der Waals surface area contributed by atoms with Crippen molar-refractivity contribution in [2.45, 2.75) is 25.1 Å². The highest BCUT2D eigenvalue weighted by Gasteiger charge is 2.30. The van der Waals surface area contributed by atoms with E-state index in [1.165, 1.54) is 0 Å². The molecule has 2 rings (SSSR count). The summed E-state index contributed by atoms with van der Waals surface area (Å²) in [5, 5.41) is 5.48. The number of rotatable bonds is 2. The van der Waals surface area contributed by atoms with E-state index in [2.05, 4.69) is 15.6 Å². The number of alkyl halides is 3. The van der Waals surface area contributed by atoms with Crippen LogP contribution < -0.4 is 10.6 Å². The van der Waals surface area contributed by atoms with Crippen LogP contribution in [0.4, 0.5) is 19.0 Å². The minimum Gasteiger partial charge on any atom is -0.309 e. The van der Waals surface area contributed by atoms with Crippen LogP contribution in [0.15, 0.2) is 18.3 Å². The molecule has 0 bridgehead atoms. The van der Waals surface area contributed by atoms with Crippen LogP contribution in [0.2, 0.25) is 0 Å². The summed E-state index contributed by atoms with van der Waals surface area (Å²) in [4.78, 5) is 15.2. The highest BCUT2D eigenvalue weighted by Crippen LogP contribution is 2.28. The number of carbonyl (C=O) groups excluding carboxylic acids is 1. The maximum Gasteiger partial charge on any atom is 0.417 e. The standard InChI is InChI=1S/C11H12F3N3O/c12-11(13,14)7-3-4-9(16-6-7)17-10(18)8-2-1-5-15-8/h3-4,6,8,15H,1-2,5H2,(H,16,17,18)/t8-/m0/s1. The van der Waals surface area contributed by atoms with E-state index in [1.807, 2.05) is 0 Å². The van der Waals surface area contributed by atoms with Crippen molar-refractivity contribution in [2.75, 3.05) is 11.9 Å². The molecule has 7 heteroatoms. The molecule has 1 aromatic heterocycles. The maximum atomic E-state index is 12.3. The summed E-state index contributed by atoms with van der Waals surface area (Å²) >= 11 is 0. The quantitative estimate of drug-likeness (QED) is 0.851. The van der Waals surface area contributed by atoms with Crippen molar-refractivity contribution in [3.63, 3.8) is 0 Å². The monoisotopic (exact) mass is 259 g/mol. The van der Waals surface area contributed by atoms with E-state index in [0.29, 0.717) is 6.20 Å². The van der Waals surface area contributed by atoms with Crippen LogP contribution in [-0.4, -0.2) is 23.5 Å². The number of pyridine rings is 1. The number of hydrogen-bond acceptors (Lipinski definition) is 3. The molecular weight excluding hydrogens is 247 g/mol. The second-order valence-electron chi connectivity index (χ2n) is 4.07. The lowest BCUT2D eigenvalue weighted by Gasteiger charge is -2.11. The van der Waals surface area contributed by atoms with Gasteiger partial charge in [-0.15, -0.1) is 0 Å². The predicted octanol–water partition coefficient (Wildman–Crippen LogP) is 1.79. The van der Waals surface area contributed by atoms with Gasteiger partial charge in [-0.3, -0.25) is 4.79 Å². The molecule has 1 fully saturated rings. The fourth-order valence-electron chi connectivity index (χ4n) is 1.76. The maximum absolute atomic E-state index is 12.3. The molecule has 18 heavy (non-hydrogen) atoms. The molecule has 1 atom stereocenters. The molecule has 2 heterocycles. The van der Waals surface area contributed by atoms with Crippen molar-refractivity contribution in [1.29, 1.82) is 0 Å². The van der Waals surface area contributed by atoms with Crippen LogP contribution in [0.25, 0.3) is 0 Å². The second kappa shape index (κ2) is 4.93. The van der Waals surface area contributed by atoms with E-state index in [-0.39, 0.29) is 17.8 Å². The molecule has 0 saturated carbocycles. The van der Waals surface area contributed by atoms with Crippen molar-refractivity contribution in [3.8, 4) is 0 Å². The van der Waals surface area contributed by atoms with Gasteiger partial charge >= 0.3 is 6.18 Å². The topological polar surface area (TPSA) is 54.0 Å². The third kappa shape index (κ3) is 2.98. The Morgan fingerprint density at radius 3 is 2.72 bits per heavy atom. The Morgan fingerprint density at radius 1 is 1.44 bits per heavy atom. The van der Waals surface area contributed by atoms with Gasteiger partial charge in [-0.25, -0.2) is 4.98 Å². The number of carbonyl (C=O) groups is 1. The molecule has 1 aliphatic heterocycles. The molecule has 1 saturated heterocycles. The van der Waals surface area contributed by atoms with Gasteiger partial charge in [-0.1, -0.05) is 0 Å². The SMILES string of the molecule is O=C(Nc1ccc(C(F)(F)F)cn1)[C@@H]1CCCN1. The third-order valence-electron chi connectivity index (χ3n) is 2.72. The molecule has 98 valence electrons. The predicted molar refractivity (Wildman–Crippen MR) is 58.9 cm³/mol. The first-order valence-electron chi connectivity index (χ1n) is 5.54. The number of amides is 1. The zero-order chi connectivity index (χ0) is 13.2. The molecule has 0 unspecified atom stereocenters. The third-order valence-corrected chi connectivity index (χ3v) is 2.72. The lowest BCUT2D eigenvalue weighted by atomic mass is 10.2. The fraction of sp³-hybridized carbons (Fsp3) is 0.455. The van der Waals surface area contributed by atoms with Crippen molar-refractivity contribution in [1.82, 2.24) is 10.3 Å². The van der Waals surface area contributed by atoms with Crippen LogP contribution >= 0.6 is 0 Å². The summed E-state index contributed by atoms with van der Waals surface area (Å²) in [6.07, 6.45) is -2.06. The number of halogens is 3. The normalized spacial score (nSPS) is 19.8. The average molecular weight is 259 g/mol. The van der Waals surface area contributed by atoms with Gasteiger partial charge < -0.3 is 10.6 Å². The molecule has 0 spiro atoms. The Bertz CT molecular complexity index is 424. The Kier molecular flexibility index (Phi) is 3.51. The van der Waals surface area contributed by atoms with Crippen LogP contribution in [0.5, 0.6) is 0 Å². The van der Waals surface area contributed by atoms with Gasteiger partial charge in [0.15, 0.2) is 0 Å². The van der Waals surface area contributed by atoms with Crippen molar-refractivity contribution < 1.29 is 18.0 Å². The Labute approximate surface area is 102 Å². The molecule has 2 N–H and O–H groups in total. The Balaban J connectivity index is 2.00. The lowest BCUT2D eigenvalue weighted by Crippen LogP contribution is -2.35. The van der Waals surface area contributed by atoms with Gasteiger partial charge in [-0.2, -0.15) is 13.2 Å². The first-order valence-corrected chi connectivity index (χ1v) is 5.54. The highest BCUT2D eigenvalue weighted by molar-refractivity contribution is 5.94. The first kappa shape index (κ1) is 12.8. The van der Waals surface area contributed by atoms with Crippen LogP contribution in [-0.2, 0) is 11.0 Å². The summed E-state index contributed by atoms with van der Waals surface area (Å²) in [6, 6.07) is 1.76. The summed E-state index contributed by atoms with van der Waals surface area (Å²) in [7, 11) is 0. The van der Waals surface area contributed by atoms with E-state index < -0.39 is 11.7 Å². The summed E-state index contributed by atoms with van der Waals surface area (Å²) in [5.74, 6) is -0.138. The smallest absolute Gasteiger partial charge is 0.309 e. The second-order valence-corrected chi connectivity index (χ2v) is 4.07. The van der Waals surface area contributed by atoms with E-state index in [0.717, 1.165) is 31.5 Å². The van der Waals surface area contributed by atoms with Gasteiger partial charge in [-0.05, 0) is 31.5 Å². The zero-order valence-corrected chi connectivity index (χ0v) is 9.42. The number of nitrogens with zero attached hydrogens (tertiary/aromatic N) is 1. The highest BCUT2D eigenvalue weighted by atomic mass is 19.4. The van der Waals surface area contributed by atoms with E-state index in [4.69, 9.17) is 0 Å². The molecule has 0 aliphatic carbocycles. The van der Waals surface area contributed by atoms with Crippen LogP contribution in [0, 0.1) is 0 Å². The Hall–Kier alpha value is -1.63. The summed E-state index contributed by atoms with van der Waals surface area (Å²) < 4.78 is 36.9. The molecule has 0 radical (unpaired) electrons. The van der Waals surface area contributed by atoms with Crippen molar-refractivity contribution in [2.24, 2.45) is 0 Å². The van der Waals surface area contributed by atoms with Crippen LogP contribution in [0.1, 0.15) is 18.4 Å². The number of nitrogens with one attached hydrogen (secondary N) is 2. The minimum atomic E-state index is -4.41. The molecule has 1 aliphatic rings. The van der Waals surface area contributed by atoms with Gasteiger partial charge in [0.25, 0.3) is 0 Å². The van der Waals surface area contributed by atoms with E-state index in [1.54, 1.807) is 0 Å². The molecule has 0 aromatic carbocycles. The van der Waals surface area contributed by atoms with Crippen LogP contribution in [0.3, 0.4) is 0 Å². The van der Waals surface area contributed by atoms with E-state index in [9.17, 15) is 18.0 Å². The molecule has 1 aromatic rings. The molecule has 4 nitrogen and oxygen atoms in total. The largest absolute Gasteiger partial charge is 0.417 e. The number of anilines is 1. The first-order chi connectivity index (χ1) is 8.47. The average Bonchev–Trinajstić information content (AvgIpc) is 2.82. The lowest BCUT2D eigenvalue weighted by molar-refractivity contribution is -0.137. The number of hydrogen-bond donors (Lipinski definition) is 2. The van der Waals surface area contributed by atoms with E-state index >= 15 is 0 Å². The Morgan fingerprint density at radius 2 is 2.22 bits per heavy atom. The zero-order valence-electron chi connectivity index (χ0n) is 9.42. The fourth-order valence-corrected chi connectivity index (χ4v) is 1.76. The summed E-state index contributed by atoms with van der Waals surface area (Å²) in [6.45, 7) is 0.776. The van der Waals surface area contributed by atoms with Gasteiger partial charge in [0.2, 0.25) is 5.91 Å². The number of aromatic nitrogens is 1. The van der Waals surface area contributed by atoms with Crippen molar-refractivity contribution in [3.05, 3.63) is 23.9 Å². The van der Waals surface area contributed by atoms with Gasteiger partial charge in [0.1, 0.15) is 5.82 Å². The van der Waals surface area contributed by atoms with Crippen molar-refractivity contribution >= 4 is 11.7 Å². The summed E-state index contributed by atoms with van der Waals surface area (Å²) in [5.41, 5.74) is -0.834. The van der Waals surface area contributed by atoms with Gasteiger partial charge in [0.05, 0.1) is 11.6 Å².